The number of ether oxygens (including phenoxy) is 1. The second-order valence-corrected chi connectivity index (χ2v) is 9.18. The van der Waals surface area contributed by atoms with Crippen molar-refractivity contribution < 1.29 is 9.53 Å². The quantitative estimate of drug-likeness (QED) is 0.859. The van der Waals surface area contributed by atoms with Gasteiger partial charge >= 0.3 is 0 Å². The molecule has 3 aliphatic rings. The van der Waals surface area contributed by atoms with E-state index >= 15 is 0 Å². The number of aromatic nitrogens is 1. The molecule has 3 unspecified atom stereocenters. The van der Waals surface area contributed by atoms with Crippen LogP contribution in [0, 0.1) is 0 Å². The lowest BCUT2D eigenvalue weighted by Crippen LogP contribution is -2.49. The number of para-hydroxylation sites is 1. The number of fused-ring (bicyclic) bond motifs is 1. The number of hydrogen-bond donors (Lipinski definition) is 1. The number of carbonyl (C=O) groups is 1. The molecule has 1 aromatic carbocycles. The summed E-state index contributed by atoms with van der Waals surface area (Å²) < 4.78 is 8.82. The standard InChI is InChI=1S/C24H33N3O2/c1-25-23(28)15-18-17-27(20-8-3-2-7-19(18)20)21-9-11-24(10-6-14-29-24)16-22(21)26-12-4-5-13-26/h2-3,7-8,17,21-22H,4-6,9-16H2,1H3,(H,25,28). The lowest BCUT2D eigenvalue weighted by Gasteiger charge is -2.46. The molecular weight excluding hydrogens is 362 g/mol. The van der Waals surface area contributed by atoms with Crippen molar-refractivity contribution in [3.8, 4) is 0 Å². The highest BCUT2D eigenvalue weighted by molar-refractivity contribution is 5.89. The Morgan fingerprint density at radius 1 is 1.17 bits per heavy atom. The van der Waals surface area contributed by atoms with Crippen LogP contribution in [0.5, 0.6) is 0 Å². The zero-order valence-electron chi connectivity index (χ0n) is 17.5. The molecule has 156 valence electrons. The number of benzene rings is 1. The van der Waals surface area contributed by atoms with Crippen LogP contribution in [0.3, 0.4) is 0 Å². The Balaban J connectivity index is 1.52. The first-order valence-electron chi connectivity index (χ1n) is 11.4. The van der Waals surface area contributed by atoms with E-state index in [9.17, 15) is 4.79 Å². The maximum atomic E-state index is 12.1. The zero-order valence-corrected chi connectivity index (χ0v) is 17.5. The maximum absolute atomic E-state index is 12.1. The van der Waals surface area contributed by atoms with Gasteiger partial charge in [-0.3, -0.25) is 9.69 Å². The van der Waals surface area contributed by atoms with E-state index in [2.05, 4.69) is 45.2 Å². The molecule has 5 nitrogen and oxygen atoms in total. The van der Waals surface area contributed by atoms with E-state index < -0.39 is 0 Å². The van der Waals surface area contributed by atoms with Gasteiger partial charge in [-0.25, -0.2) is 0 Å². The molecule has 29 heavy (non-hydrogen) atoms. The number of rotatable bonds is 4. The molecule has 2 aliphatic heterocycles. The van der Waals surface area contributed by atoms with Crippen molar-refractivity contribution in [2.45, 2.75) is 69.1 Å². The van der Waals surface area contributed by atoms with Crippen LogP contribution in [-0.2, 0) is 16.0 Å². The molecule has 0 radical (unpaired) electrons. The Labute approximate surface area is 173 Å². The second-order valence-electron chi connectivity index (χ2n) is 9.18. The summed E-state index contributed by atoms with van der Waals surface area (Å²) in [6.45, 7) is 3.35. The molecule has 1 aliphatic carbocycles. The van der Waals surface area contributed by atoms with E-state index in [1.165, 1.54) is 49.7 Å². The summed E-state index contributed by atoms with van der Waals surface area (Å²) >= 11 is 0. The Morgan fingerprint density at radius 2 is 2.00 bits per heavy atom. The summed E-state index contributed by atoms with van der Waals surface area (Å²) in [5, 5.41) is 4.00. The third-order valence-electron chi connectivity index (χ3n) is 7.53. The molecule has 1 amide bonds. The van der Waals surface area contributed by atoms with E-state index in [0.717, 1.165) is 31.4 Å². The van der Waals surface area contributed by atoms with Crippen LogP contribution in [0.1, 0.15) is 56.6 Å². The molecule has 1 aromatic heterocycles. The largest absolute Gasteiger partial charge is 0.375 e. The monoisotopic (exact) mass is 395 g/mol. The second kappa shape index (κ2) is 7.77. The number of hydrogen-bond acceptors (Lipinski definition) is 3. The summed E-state index contributed by atoms with van der Waals surface area (Å²) in [4.78, 5) is 14.8. The first kappa shape index (κ1) is 19.1. The highest BCUT2D eigenvalue weighted by Gasteiger charge is 2.46. The van der Waals surface area contributed by atoms with Gasteiger partial charge < -0.3 is 14.6 Å². The van der Waals surface area contributed by atoms with Crippen LogP contribution in [0.15, 0.2) is 30.5 Å². The van der Waals surface area contributed by atoms with Gasteiger partial charge in [0.2, 0.25) is 5.91 Å². The summed E-state index contributed by atoms with van der Waals surface area (Å²) in [5.41, 5.74) is 2.51. The summed E-state index contributed by atoms with van der Waals surface area (Å²) in [6.07, 6.45) is 11.2. The number of nitrogens with zero attached hydrogens (tertiary/aromatic N) is 2. The van der Waals surface area contributed by atoms with Crippen molar-refractivity contribution >= 4 is 16.8 Å². The molecule has 1 N–H and O–H groups in total. The maximum Gasteiger partial charge on any atom is 0.224 e. The van der Waals surface area contributed by atoms with Gasteiger partial charge in [0.05, 0.1) is 12.0 Å². The predicted molar refractivity (Wildman–Crippen MR) is 115 cm³/mol. The molecule has 1 spiro atoms. The van der Waals surface area contributed by atoms with Crippen molar-refractivity contribution in [1.82, 2.24) is 14.8 Å². The summed E-state index contributed by atoms with van der Waals surface area (Å²) in [6, 6.07) is 9.57. The van der Waals surface area contributed by atoms with Crippen molar-refractivity contribution in [1.29, 1.82) is 0 Å². The highest BCUT2D eigenvalue weighted by Crippen LogP contribution is 2.46. The Morgan fingerprint density at radius 3 is 2.76 bits per heavy atom. The minimum atomic E-state index is 0.0750. The lowest BCUT2D eigenvalue weighted by atomic mass is 9.76. The predicted octanol–water partition coefficient (Wildman–Crippen LogP) is 3.67. The number of likely N-dealkylation sites (tertiary alicyclic amines) is 1. The van der Waals surface area contributed by atoms with Crippen LogP contribution >= 0.6 is 0 Å². The van der Waals surface area contributed by atoms with Crippen LogP contribution in [0.2, 0.25) is 0 Å². The fourth-order valence-electron chi connectivity index (χ4n) is 6.06. The van der Waals surface area contributed by atoms with Crippen LogP contribution in [0.4, 0.5) is 0 Å². The average molecular weight is 396 g/mol. The molecule has 3 fully saturated rings. The number of amides is 1. The van der Waals surface area contributed by atoms with E-state index in [-0.39, 0.29) is 11.5 Å². The molecule has 3 atom stereocenters. The molecular formula is C24H33N3O2. The smallest absolute Gasteiger partial charge is 0.224 e. The molecule has 0 bridgehead atoms. The fraction of sp³-hybridized carbons (Fsp3) is 0.625. The lowest BCUT2D eigenvalue weighted by molar-refractivity contribution is -0.119. The third kappa shape index (κ3) is 3.49. The van der Waals surface area contributed by atoms with Gasteiger partial charge in [-0.15, -0.1) is 0 Å². The van der Waals surface area contributed by atoms with E-state index in [0.29, 0.717) is 18.5 Å². The topological polar surface area (TPSA) is 46.5 Å². The van der Waals surface area contributed by atoms with E-state index in [1.54, 1.807) is 7.05 Å². The minimum Gasteiger partial charge on any atom is -0.375 e. The fourth-order valence-corrected chi connectivity index (χ4v) is 6.06. The molecule has 2 aromatic rings. The van der Waals surface area contributed by atoms with Gasteiger partial charge in [0.25, 0.3) is 0 Å². The molecule has 1 saturated carbocycles. The third-order valence-corrected chi connectivity index (χ3v) is 7.53. The van der Waals surface area contributed by atoms with Crippen molar-refractivity contribution in [2.75, 3.05) is 26.7 Å². The Kier molecular flexibility index (Phi) is 5.12. The zero-order chi connectivity index (χ0) is 19.8. The van der Waals surface area contributed by atoms with Crippen LogP contribution in [-0.4, -0.2) is 53.8 Å². The van der Waals surface area contributed by atoms with Gasteiger partial charge in [0.1, 0.15) is 0 Å². The molecule has 3 heterocycles. The molecule has 5 heteroatoms. The molecule has 5 rings (SSSR count). The average Bonchev–Trinajstić information content (AvgIpc) is 3.50. The van der Waals surface area contributed by atoms with Crippen LogP contribution in [0.25, 0.3) is 10.9 Å². The minimum absolute atomic E-state index is 0.0750. The first-order chi connectivity index (χ1) is 14.2. The Bertz CT molecular complexity index is 877. The van der Waals surface area contributed by atoms with Gasteiger partial charge in [-0.1, -0.05) is 18.2 Å². The SMILES string of the molecule is CNC(=O)Cc1cn(C2CCC3(CCCO3)CC2N2CCCC2)c2ccccc12. The van der Waals surface area contributed by atoms with Gasteiger partial charge in [-0.2, -0.15) is 0 Å². The van der Waals surface area contributed by atoms with Crippen molar-refractivity contribution in [2.24, 2.45) is 0 Å². The van der Waals surface area contributed by atoms with E-state index in [4.69, 9.17) is 4.74 Å². The normalized spacial score (nSPS) is 30.4. The number of nitrogens with one attached hydrogen (secondary N) is 1. The molecule has 2 saturated heterocycles. The van der Waals surface area contributed by atoms with E-state index in [1.807, 2.05) is 0 Å². The first-order valence-corrected chi connectivity index (χ1v) is 11.4. The van der Waals surface area contributed by atoms with Crippen molar-refractivity contribution in [3.05, 3.63) is 36.0 Å². The number of carbonyl (C=O) groups excluding carboxylic acids is 1. The van der Waals surface area contributed by atoms with Gasteiger partial charge in [0, 0.05) is 42.8 Å². The Hall–Kier alpha value is -1.85. The summed E-state index contributed by atoms with van der Waals surface area (Å²) in [7, 11) is 1.72. The van der Waals surface area contributed by atoms with Crippen LogP contribution < -0.4 is 5.32 Å². The number of likely N-dealkylation sites (N-methyl/N-ethyl adjacent to an activating group) is 1. The summed E-state index contributed by atoms with van der Waals surface area (Å²) in [5.74, 6) is 0.0750. The van der Waals surface area contributed by atoms with Gasteiger partial charge in [-0.05, 0) is 69.7 Å². The van der Waals surface area contributed by atoms with Crippen molar-refractivity contribution in [3.63, 3.8) is 0 Å². The highest BCUT2D eigenvalue weighted by atomic mass is 16.5. The van der Waals surface area contributed by atoms with Gasteiger partial charge in [0.15, 0.2) is 0 Å².